The van der Waals surface area contributed by atoms with Gasteiger partial charge in [0, 0.05) is 17.9 Å². The Hall–Kier alpha value is -1.37. The van der Waals surface area contributed by atoms with Crippen molar-refractivity contribution in [1.82, 2.24) is 0 Å². The fourth-order valence-electron chi connectivity index (χ4n) is 1.64. The van der Waals surface area contributed by atoms with Crippen molar-refractivity contribution in [2.75, 3.05) is 0 Å². The van der Waals surface area contributed by atoms with Crippen LogP contribution in [0.25, 0.3) is 10.8 Å². The maximum Gasteiger partial charge on any atom is 0.176 e. The van der Waals surface area contributed by atoms with Crippen LogP contribution in [0.15, 0.2) is 42.7 Å². The molecule has 1 nitrogen and oxygen atoms in total. The molecule has 1 atom stereocenters. The standard InChI is InChI=1S/C13H16N/c1-3-11(2)14-9-8-12-6-4-5-7-13(12)10-14/h4-11H,3H2,1-2H3/q+1. The molecule has 0 spiro atoms. The molecule has 2 aromatic rings. The number of benzene rings is 1. The lowest BCUT2D eigenvalue weighted by Crippen LogP contribution is -2.36. The largest absolute Gasteiger partial charge is 0.202 e. The molecule has 0 aliphatic carbocycles. The topological polar surface area (TPSA) is 3.88 Å². The van der Waals surface area contributed by atoms with E-state index in [9.17, 15) is 0 Å². The summed E-state index contributed by atoms with van der Waals surface area (Å²) in [4.78, 5) is 0. The van der Waals surface area contributed by atoms with Crippen molar-refractivity contribution in [2.24, 2.45) is 0 Å². The van der Waals surface area contributed by atoms with E-state index in [0.29, 0.717) is 6.04 Å². The van der Waals surface area contributed by atoms with Gasteiger partial charge in [0.15, 0.2) is 18.4 Å². The Morgan fingerprint density at radius 1 is 1.14 bits per heavy atom. The first-order valence-electron chi connectivity index (χ1n) is 5.21. The van der Waals surface area contributed by atoms with E-state index < -0.39 is 0 Å². The van der Waals surface area contributed by atoms with Gasteiger partial charge in [0.25, 0.3) is 0 Å². The van der Waals surface area contributed by atoms with Crippen LogP contribution in [0.2, 0.25) is 0 Å². The first-order valence-corrected chi connectivity index (χ1v) is 5.21. The van der Waals surface area contributed by atoms with Gasteiger partial charge < -0.3 is 0 Å². The SMILES string of the molecule is CCC(C)[n+]1ccc2ccccc2c1. The molecule has 1 aromatic carbocycles. The third kappa shape index (κ3) is 1.63. The summed E-state index contributed by atoms with van der Waals surface area (Å²) in [5.74, 6) is 0. The number of fused-ring (bicyclic) bond motifs is 1. The number of rotatable bonds is 2. The van der Waals surface area contributed by atoms with Gasteiger partial charge in [-0.15, -0.1) is 0 Å². The van der Waals surface area contributed by atoms with Gasteiger partial charge in [-0.05, 0) is 18.4 Å². The Labute approximate surface area is 85.0 Å². The van der Waals surface area contributed by atoms with Crippen LogP contribution in [0.4, 0.5) is 0 Å². The van der Waals surface area contributed by atoms with E-state index in [1.807, 2.05) is 0 Å². The molecule has 0 aliphatic rings. The zero-order valence-electron chi connectivity index (χ0n) is 8.77. The lowest BCUT2D eigenvalue weighted by molar-refractivity contribution is -0.718. The van der Waals surface area contributed by atoms with E-state index >= 15 is 0 Å². The summed E-state index contributed by atoms with van der Waals surface area (Å²) < 4.78 is 2.28. The summed E-state index contributed by atoms with van der Waals surface area (Å²) >= 11 is 0. The van der Waals surface area contributed by atoms with Crippen LogP contribution in [0.1, 0.15) is 26.3 Å². The first kappa shape index (κ1) is 9.20. The molecule has 0 radical (unpaired) electrons. The number of pyridine rings is 1. The molecule has 0 bridgehead atoms. The number of nitrogens with zero attached hydrogens (tertiary/aromatic N) is 1. The molecule has 1 unspecified atom stereocenters. The molecule has 0 N–H and O–H groups in total. The molecular formula is C13H16N+. The van der Waals surface area contributed by atoms with Crippen molar-refractivity contribution >= 4 is 10.8 Å². The Balaban J connectivity index is 2.51. The van der Waals surface area contributed by atoms with Crippen LogP contribution in [-0.4, -0.2) is 0 Å². The molecule has 0 aliphatic heterocycles. The number of hydrogen-bond acceptors (Lipinski definition) is 0. The van der Waals surface area contributed by atoms with E-state index in [-0.39, 0.29) is 0 Å². The molecule has 0 saturated carbocycles. The average molecular weight is 186 g/mol. The molecule has 1 heteroatoms. The van der Waals surface area contributed by atoms with E-state index in [0.717, 1.165) is 0 Å². The van der Waals surface area contributed by atoms with Crippen molar-refractivity contribution in [3.05, 3.63) is 42.7 Å². The van der Waals surface area contributed by atoms with Crippen LogP contribution in [-0.2, 0) is 0 Å². The number of hydrogen-bond donors (Lipinski definition) is 0. The summed E-state index contributed by atoms with van der Waals surface area (Å²) in [7, 11) is 0. The van der Waals surface area contributed by atoms with E-state index in [1.54, 1.807) is 0 Å². The lowest BCUT2D eigenvalue weighted by Gasteiger charge is -2.04. The maximum absolute atomic E-state index is 2.28. The van der Waals surface area contributed by atoms with Gasteiger partial charge >= 0.3 is 0 Å². The molecule has 14 heavy (non-hydrogen) atoms. The van der Waals surface area contributed by atoms with Crippen molar-refractivity contribution in [3.63, 3.8) is 0 Å². The monoisotopic (exact) mass is 186 g/mol. The second-order valence-corrected chi connectivity index (χ2v) is 3.78. The van der Waals surface area contributed by atoms with Gasteiger partial charge in [0.2, 0.25) is 0 Å². The predicted octanol–water partition coefficient (Wildman–Crippen LogP) is 3.10. The van der Waals surface area contributed by atoms with Gasteiger partial charge in [-0.3, -0.25) is 0 Å². The second-order valence-electron chi connectivity index (χ2n) is 3.78. The Morgan fingerprint density at radius 3 is 2.57 bits per heavy atom. The Kier molecular flexibility index (Phi) is 2.49. The molecule has 1 aromatic heterocycles. The highest BCUT2D eigenvalue weighted by Crippen LogP contribution is 2.11. The lowest BCUT2D eigenvalue weighted by atomic mass is 10.1. The summed E-state index contributed by atoms with van der Waals surface area (Å²) in [6.45, 7) is 4.46. The smallest absolute Gasteiger partial charge is 0.176 e. The highest BCUT2D eigenvalue weighted by Gasteiger charge is 2.09. The van der Waals surface area contributed by atoms with Gasteiger partial charge in [0.1, 0.15) is 0 Å². The van der Waals surface area contributed by atoms with Crippen LogP contribution in [0.5, 0.6) is 0 Å². The van der Waals surface area contributed by atoms with Crippen molar-refractivity contribution in [2.45, 2.75) is 26.3 Å². The van der Waals surface area contributed by atoms with Crippen LogP contribution < -0.4 is 4.57 Å². The van der Waals surface area contributed by atoms with Gasteiger partial charge in [-0.1, -0.05) is 25.1 Å². The minimum absolute atomic E-state index is 0.583. The highest BCUT2D eigenvalue weighted by atomic mass is 15.0. The normalized spacial score (nSPS) is 13.0. The van der Waals surface area contributed by atoms with Gasteiger partial charge in [-0.25, -0.2) is 4.57 Å². The molecule has 0 amide bonds. The molecule has 0 saturated heterocycles. The van der Waals surface area contributed by atoms with E-state index in [2.05, 4.69) is 61.1 Å². The zero-order chi connectivity index (χ0) is 9.97. The van der Waals surface area contributed by atoms with E-state index in [4.69, 9.17) is 0 Å². The van der Waals surface area contributed by atoms with E-state index in [1.165, 1.54) is 17.2 Å². The fraction of sp³-hybridized carbons (Fsp3) is 0.308. The molecule has 1 heterocycles. The third-order valence-corrected chi connectivity index (χ3v) is 2.81. The molecule has 0 fully saturated rings. The second kappa shape index (κ2) is 3.79. The zero-order valence-corrected chi connectivity index (χ0v) is 8.77. The highest BCUT2D eigenvalue weighted by molar-refractivity contribution is 5.80. The molecular weight excluding hydrogens is 170 g/mol. The maximum atomic E-state index is 2.28. The summed E-state index contributed by atoms with van der Waals surface area (Å²) in [6, 6.07) is 11.2. The van der Waals surface area contributed by atoms with Gasteiger partial charge in [-0.2, -0.15) is 0 Å². The number of aromatic nitrogens is 1. The van der Waals surface area contributed by atoms with Crippen molar-refractivity contribution in [3.8, 4) is 0 Å². The van der Waals surface area contributed by atoms with Crippen molar-refractivity contribution in [1.29, 1.82) is 0 Å². The van der Waals surface area contributed by atoms with Crippen LogP contribution in [0.3, 0.4) is 0 Å². The minimum Gasteiger partial charge on any atom is -0.202 e. The Bertz CT molecular complexity index is 434. The third-order valence-electron chi connectivity index (χ3n) is 2.81. The summed E-state index contributed by atoms with van der Waals surface area (Å²) in [6.07, 6.45) is 5.56. The van der Waals surface area contributed by atoms with Crippen molar-refractivity contribution < 1.29 is 4.57 Å². The molecule has 72 valence electrons. The minimum atomic E-state index is 0.583. The van der Waals surface area contributed by atoms with Gasteiger partial charge in [0.05, 0.1) is 0 Å². The van der Waals surface area contributed by atoms with Crippen LogP contribution >= 0.6 is 0 Å². The Morgan fingerprint density at radius 2 is 1.86 bits per heavy atom. The average Bonchev–Trinajstić information content (AvgIpc) is 2.27. The quantitative estimate of drug-likeness (QED) is 0.634. The fourth-order valence-corrected chi connectivity index (χ4v) is 1.64. The summed E-state index contributed by atoms with van der Waals surface area (Å²) in [5.41, 5.74) is 0. The molecule has 2 rings (SSSR count). The predicted molar refractivity (Wildman–Crippen MR) is 59.1 cm³/mol. The first-order chi connectivity index (χ1) is 6.81. The van der Waals surface area contributed by atoms with Crippen LogP contribution in [0, 0.1) is 0 Å². The summed E-state index contributed by atoms with van der Waals surface area (Å²) in [5, 5.41) is 2.63.